The highest BCUT2D eigenvalue weighted by molar-refractivity contribution is 7.07. The van der Waals surface area contributed by atoms with E-state index < -0.39 is 11.5 Å². The minimum atomic E-state index is -0.582. The summed E-state index contributed by atoms with van der Waals surface area (Å²) < 4.78 is 3.09. The minimum absolute atomic E-state index is 0.0356. The fraction of sp³-hybridized carbons (Fsp3) is 0.143. The van der Waals surface area contributed by atoms with Crippen LogP contribution < -0.4 is 10.4 Å². The second kappa shape index (κ2) is 5.10. The highest BCUT2D eigenvalue weighted by Gasteiger charge is 2.12. The largest absolute Gasteiger partial charge is 0.327 e. The Hall–Kier alpha value is -2.54. The van der Waals surface area contributed by atoms with Crippen LogP contribution in [0.2, 0.25) is 0 Å². The quantitative estimate of drug-likeness (QED) is 0.677. The number of pyridine rings is 1. The van der Waals surface area contributed by atoms with Gasteiger partial charge >= 0.3 is 0 Å². The molecule has 7 heteroatoms. The molecule has 0 unspecified atom stereocenters. The molecule has 0 aliphatic carbocycles. The fourth-order valence-electron chi connectivity index (χ4n) is 1.91. The van der Waals surface area contributed by atoms with Crippen LogP contribution in [0.5, 0.6) is 0 Å². The van der Waals surface area contributed by atoms with E-state index >= 15 is 0 Å². The summed E-state index contributed by atoms with van der Waals surface area (Å²) in [5.41, 5.74) is 0.976. The number of aryl methyl sites for hydroxylation is 2. The summed E-state index contributed by atoms with van der Waals surface area (Å²) in [6.45, 7) is 1.87. The van der Waals surface area contributed by atoms with Crippen molar-refractivity contribution in [1.29, 1.82) is 0 Å². The molecule has 0 saturated carbocycles. The number of fused-ring (bicyclic) bond motifs is 1. The van der Waals surface area contributed by atoms with E-state index in [1.807, 2.05) is 18.4 Å². The predicted octanol–water partition coefficient (Wildman–Crippen LogP) is 1.14. The average molecular weight is 300 g/mol. The second-order valence-corrected chi connectivity index (χ2v) is 5.50. The van der Waals surface area contributed by atoms with Crippen molar-refractivity contribution >= 4 is 22.9 Å². The van der Waals surface area contributed by atoms with Crippen molar-refractivity contribution < 1.29 is 4.79 Å². The van der Waals surface area contributed by atoms with Crippen LogP contribution in [0, 0.1) is 6.92 Å². The van der Waals surface area contributed by atoms with Crippen LogP contribution in [0.25, 0.3) is 5.65 Å². The Kier molecular flexibility index (Phi) is 3.26. The number of amides is 1. The van der Waals surface area contributed by atoms with Gasteiger partial charge in [0.25, 0.3) is 11.5 Å². The molecular formula is C14H12N4O2S. The topological polar surface area (TPSA) is 68.7 Å². The Labute approximate surface area is 123 Å². The maximum absolute atomic E-state index is 12.4. The average Bonchev–Trinajstić information content (AvgIpc) is 2.85. The lowest BCUT2D eigenvalue weighted by Gasteiger charge is -2.02. The van der Waals surface area contributed by atoms with Gasteiger partial charge in [-0.15, -0.1) is 11.3 Å². The summed E-state index contributed by atoms with van der Waals surface area (Å²) in [7, 11) is 1.79. The number of hydrogen-bond acceptors (Lipinski definition) is 4. The zero-order valence-corrected chi connectivity index (χ0v) is 12.3. The molecule has 1 amide bonds. The molecule has 3 aromatic rings. The first-order valence-corrected chi connectivity index (χ1v) is 7.11. The third-order valence-corrected chi connectivity index (χ3v) is 3.89. The Morgan fingerprint density at radius 2 is 2.19 bits per heavy atom. The molecule has 0 bridgehead atoms. The molecule has 0 fully saturated rings. The summed E-state index contributed by atoms with van der Waals surface area (Å²) in [6, 6.07) is 3.60. The zero-order chi connectivity index (χ0) is 15.0. The van der Waals surface area contributed by atoms with Gasteiger partial charge in [0.15, 0.2) is 4.80 Å². The first-order chi connectivity index (χ1) is 10.1. The number of aromatic nitrogens is 3. The summed E-state index contributed by atoms with van der Waals surface area (Å²) in [6.07, 6.45) is 4.74. The van der Waals surface area contributed by atoms with Crippen LogP contribution in [0.1, 0.15) is 15.9 Å². The van der Waals surface area contributed by atoms with E-state index in [0.717, 1.165) is 5.56 Å². The van der Waals surface area contributed by atoms with E-state index in [-0.39, 0.29) is 5.56 Å². The van der Waals surface area contributed by atoms with E-state index in [0.29, 0.717) is 10.4 Å². The first kappa shape index (κ1) is 13.4. The van der Waals surface area contributed by atoms with Gasteiger partial charge in [-0.3, -0.25) is 14.0 Å². The van der Waals surface area contributed by atoms with Gasteiger partial charge in [-0.25, -0.2) is 4.98 Å². The highest BCUT2D eigenvalue weighted by atomic mass is 32.1. The number of rotatable bonds is 1. The molecule has 21 heavy (non-hydrogen) atoms. The molecule has 0 aliphatic heterocycles. The number of nitrogens with zero attached hydrogens (tertiary/aromatic N) is 4. The smallest absolute Gasteiger partial charge is 0.286 e. The van der Waals surface area contributed by atoms with Crippen LogP contribution in [0.15, 0.2) is 45.9 Å². The molecule has 106 valence electrons. The van der Waals surface area contributed by atoms with Crippen molar-refractivity contribution in [3.05, 3.63) is 62.4 Å². The number of thiazole rings is 1. The minimum Gasteiger partial charge on any atom is -0.327 e. The lowest BCUT2D eigenvalue weighted by Crippen LogP contribution is -2.24. The van der Waals surface area contributed by atoms with Gasteiger partial charge in [-0.2, -0.15) is 4.99 Å². The molecule has 3 aromatic heterocycles. The Morgan fingerprint density at radius 3 is 2.90 bits per heavy atom. The van der Waals surface area contributed by atoms with Crippen LogP contribution in [-0.2, 0) is 7.05 Å². The molecule has 0 radical (unpaired) electrons. The Bertz CT molecular complexity index is 965. The first-order valence-electron chi connectivity index (χ1n) is 6.23. The van der Waals surface area contributed by atoms with E-state index in [2.05, 4.69) is 9.98 Å². The van der Waals surface area contributed by atoms with E-state index in [1.165, 1.54) is 21.9 Å². The molecule has 0 atom stereocenters. The second-order valence-electron chi connectivity index (χ2n) is 4.63. The summed E-state index contributed by atoms with van der Waals surface area (Å²) in [5.74, 6) is -0.582. The van der Waals surface area contributed by atoms with Crippen molar-refractivity contribution in [3.8, 4) is 0 Å². The molecule has 0 aliphatic rings. The van der Waals surface area contributed by atoms with Crippen LogP contribution in [0.4, 0.5) is 0 Å². The van der Waals surface area contributed by atoms with E-state index in [9.17, 15) is 9.59 Å². The van der Waals surface area contributed by atoms with Gasteiger partial charge < -0.3 is 4.57 Å². The molecule has 3 heterocycles. The molecule has 0 spiro atoms. The number of carbonyl (C=O) groups excluding carboxylic acids is 1. The van der Waals surface area contributed by atoms with Crippen LogP contribution >= 0.6 is 11.3 Å². The maximum Gasteiger partial charge on any atom is 0.286 e. The summed E-state index contributed by atoms with van der Waals surface area (Å²) in [5, 5.41) is 1.82. The van der Waals surface area contributed by atoms with E-state index in [1.54, 1.807) is 30.1 Å². The fourth-order valence-corrected chi connectivity index (χ4v) is 2.64. The Morgan fingerprint density at radius 1 is 1.38 bits per heavy atom. The number of hydrogen-bond donors (Lipinski definition) is 0. The highest BCUT2D eigenvalue weighted by Crippen LogP contribution is 2.02. The van der Waals surface area contributed by atoms with Crippen molar-refractivity contribution in [2.45, 2.75) is 6.92 Å². The van der Waals surface area contributed by atoms with Crippen molar-refractivity contribution in [3.63, 3.8) is 0 Å². The lowest BCUT2D eigenvalue weighted by molar-refractivity contribution is 0.0996. The van der Waals surface area contributed by atoms with Gasteiger partial charge in [0.05, 0.1) is 0 Å². The third-order valence-electron chi connectivity index (χ3n) is 3.04. The monoisotopic (exact) mass is 300 g/mol. The Balaban J connectivity index is 2.18. The lowest BCUT2D eigenvalue weighted by atomic mass is 10.3. The predicted molar refractivity (Wildman–Crippen MR) is 79.4 cm³/mol. The van der Waals surface area contributed by atoms with E-state index in [4.69, 9.17) is 0 Å². The maximum atomic E-state index is 12.4. The van der Waals surface area contributed by atoms with Gasteiger partial charge in [-0.05, 0) is 18.6 Å². The molecule has 3 rings (SSSR count). The van der Waals surface area contributed by atoms with Crippen molar-refractivity contribution in [2.75, 3.05) is 0 Å². The number of carbonyl (C=O) groups is 1. The molecular weight excluding hydrogens is 288 g/mol. The third kappa shape index (κ3) is 2.43. The summed E-state index contributed by atoms with van der Waals surface area (Å²) >= 11 is 1.33. The van der Waals surface area contributed by atoms with Gasteiger partial charge in [0.1, 0.15) is 11.2 Å². The molecule has 6 nitrogen and oxygen atoms in total. The van der Waals surface area contributed by atoms with Crippen LogP contribution in [0.3, 0.4) is 0 Å². The van der Waals surface area contributed by atoms with Gasteiger partial charge in [0.2, 0.25) is 0 Å². The van der Waals surface area contributed by atoms with Crippen molar-refractivity contribution in [1.82, 2.24) is 14.0 Å². The molecule has 0 saturated heterocycles. The van der Waals surface area contributed by atoms with Crippen LogP contribution in [-0.4, -0.2) is 19.9 Å². The summed E-state index contributed by atoms with van der Waals surface area (Å²) in [4.78, 5) is 33.2. The van der Waals surface area contributed by atoms with Gasteiger partial charge in [-0.1, -0.05) is 6.07 Å². The van der Waals surface area contributed by atoms with Gasteiger partial charge in [0, 0.05) is 31.0 Å². The normalized spacial score (nSPS) is 12.0. The standard InChI is InChI=1S/C14H12N4O2S/c1-9-3-4-11-15-7-10(13(20)18(11)8-9)12(19)16-14-17(2)5-6-21-14/h3-8H,1-2H3. The molecule has 0 N–H and O–H groups in total. The van der Waals surface area contributed by atoms with Crippen molar-refractivity contribution in [2.24, 2.45) is 12.0 Å². The SMILES string of the molecule is Cc1ccc2ncc(C(=O)N=c3sccn3C)c(=O)n2c1. The molecule has 0 aromatic carbocycles. The zero-order valence-electron chi connectivity index (χ0n) is 11.5.